The van der Waals surface area contributed by atoms with Gasteiger partial charge in [0.1, 0.15) is 5.75 Å². The van der Waals surface area contributed by atoms with Crippen LogP contribution in [0.4, 0.5) is 0 Å². The van der Waals surface area contributed by atoms with Gasteiger partial charge in [0.05, 0.1) is 6.21 Å². The number of nitrogens with one attached hydrogen (secondary N) is 1. The number of rotatable bonds is 5. The molecule has 0 aliphatic rings. The molecule has 0 unspecified atom stereocenters. The predicted octanol–water partition coefficient (Wildman–Crippen LogP) is 4.28. The van der Waals surface area contributed by atoms with E-state index in [1.807, 2.05) is 48.5 Å². The fourth-order valence-corrected chi connectivity index (χ4v) is 2.38. The Morgan fingerprint density at radius 2 is 1.83 bits per heavy atom. The van der Waals surface area contributed by atoms with Crippen LogP contribution in [0.1, 0.15) is 31.9 Å². The molecule has 0 atom stereocenters. The molecule has 0 aliphatic carbocycles. The van der Waals surface area contributed by atoms with Crippen molar-refractivity contribution < 1.29 is 9.53 Å². The van der Waals surface area contributed by atoms with Crippen LogP contribution in [0.2, 0.25) is 0 Å². The second-order valence-corrected chi connectivity index (χ2v) is 7.30. The number of hydrogen-bond donors (Lipinski definition) is 1. The van der Waals surface area contributed by atoms with Gasteiger partial charge in [-0.15, -0.1) is 0 Å². The summed E-state index contributed by atoms with van der Waals surface area (Å²) in [6.07, 6.45) is 1.59. The zero-order valence-corrected chi connectivity index (χ0v) is 15.6. The molecule has 4 nitrogen and oxygen atoms in total. The van der Waals surface area contributed by atoms with Crippen molar-refractivity contribution in [2.45, 2.75) is 26.2 Å². The molecule has 2 rings (SSSR count). The summed E-state index contributed by atoms with van der Waals surface area (Å²) in [7, 11) is 0. The molecule has 0 bridgehead atoms. The molecular formula is C19H21BrN2O2. The number of carbonyl (C=O) groups is 1. The normalized spacial score (nSPS) is 11.5. The third-order valence-electron chi connectivity index (χ3n) is 3.33. The lowest BCUT2D eigenvalue weighted by Gasteiger charge is -2.22. The van der Waals surface area contributed by atoms with E-state index >= 15 is 0 Å². The Kier molecular flexibility index (Phi) is 6.15. The Morgan fingerprint density at radius 3 is 2.50 bits per heavy atom. The third kappa shape index (κ3) is 5.49. The van der Waals surface area contributed by atoms with Crippen LogP contribution in [0.25, 0.3) is 0 Å². The average molecular weight is 389 g/mol. The molecular weight excluding hydrogens is 368 g/mol. The SMILES string of the molecule is CC(C)(C)c1ccccc1OCC(=O)NN=Cc1ccc(Br)cc1. The lowest BCUT2D eigenvalue weighted by molar-refractivity contribution is -0.123. The number of amides is 1. The topological polar surface area (TPSA) is 50.7 Å². The molecule has 0 saturated heterocycles. The summed E-state index contributed by atoms with van der Waals surface area (Å²) in [5.74, 6) is 0.420. The van der Waals surface area contributed by atoms with Crippen LogP contribution >= 0.6 is 15.9 Å². The number of halogens is 1. The number of para-hydroxylation sites is 1. The number of ether oxygens (including phenoxy) is 1. The van der Waals surface area contributed by atoms with E-state index in [1.54, 1.807) is 6.21 Å². The molecule has 0 aliphatic heterocycles. The van der Waals surface area contributed by atoms with Gasteiger partial charge >= 0.3 is 0 Å². The van der Waals surface area contributed by atoms with E-state index in [1.165, 1.54) is 0 Å². The summed E-state index contributed by atoms with van der Waals surface area (Å²) in [5.41, 5.74) is 4.39. The van der Waals surface area contributed by atoms with Gasteiger partial charge < -0.3 is 4.74 Å². The molecule has 0 radical (unpaired) electrons. The van der Waals surface area contributed by atoms with E-state index in [0.29, 0.717) is 0 Å². The average Bonchev–Trinajstić information content (AvgIpc) is 2.54. The number of hydrogen-bond acceptors (Lipinski definition) is 3. The first-order chi connectivity index (χ1) is 11.4. The van der Waals surface area contributed by atoms with Gasteiger partial charge in [-0.05, 0) is 34.7 Å². The van der Waals surface area contributed by atoms with Gasteiger partial charge in [-0.1, -0.05) is 67.0 Å². The predicted molar refractivity (Wildman–Crippen MR) is 101 cm³/mol. The highest BCUT2D eigenvalue weighted by molar-refractivity contribution is 9.10. The second kappa shape index (κ2) is 8.11. The summed E-state index contributed by atoms with van der Waals surface area (Å²) in [4.78, 5) is 11.9. The van der Waals surface area contributed by atoms with Crippen molar-refractivity contribution in [3.63, 3.8) is 0 Å². The Labute approximate surface area is 151 Å². The van der Waals surface area contributed by atoms with Gasteiger partial charge in [-0.2, -0.15) is 5.10 Å². The molecule has 24 heavy (non-hydrogen) atoms. The van der Waals surface area contributed by atoms with Crippen LogP contribution < -0.4 is 10.2 Å². The molecule has 0 heterocycles. The Hall–Kier alpha value is -2.14. The van der Waals surface area contributed by atoms with Crippen LogP contribution in [0.3, 0.4) is 0 Å². The smallest absolute Gasteiger partial charge is 0.277 e. The van der Waals surface area contributed by atoms with Crippen LogP contribution in [0.15, 0.2) is 58.1 Å². The summed E-state index contributed by atoms with van der Waals surface area (Å²) >= 11 is 3.37. The molecule has 0 aromatic heterocycles. The van der Waals surface area contributed by atoms with Crippen LogP contribution in [-0.2, 0) is 10.2 Å². The molecule has 2 aromatic carbocycles. The van der Waals surface area contributed by atoms with Crippen molar-refractivity contribution in [2.24, 2.45) is 5.10 Å². The summed E-state index contributed by atoms with van der Waals surface area (Å²) in [5, 5.41) is 3.93. The minimum atomic E-state index is -0.299. The zero-order valence-electron chi connectivity index (χ0n) is 14.0. The minimum Gasteiger partial charge on any atom is -0.483 e. The van der Waals surface area contributed by atoms with Crippen molar-refractivity contribution in [3.8, 4) is 5.75 Å². The monoisotopic (exact) mass is 388 g/mol. The van der Waals surface area contributed by atoms with E-state index in [4.69, 9.17) is 4.74 Å². The minimum absolute atomic E-state index is 0.0488. The van der Waals surface area contributed by atoms with Crippen molar-refractivity contribution in [1.29, 1.82) is 0 Å². The zero-order chi connectivity index (χ0) is 17.6. The largest absolute Gasteiger partial charge is 0.483 e. The number of benzene rings is 2. The first kappa shape index (κ1) is 18.2. The van der Waals surface area contributed by atoms with E-state index in [2.05, 4.69) is 47.2 Å². The van der Waals surface area contributed by atoms with Gasteiger partial charge in [-0.3, -0.25) is 4.79 Å². The van der Waals surface area contributed by atoms with Crippen molar-refractivity contribution in [3.05, 3.63) is 64.1 Å². The van der Waals surface area contributed by atoms with Crippen molar-refractivity contribution >= 4 is 28.1 Å². The van der Waals surface area contributed by atoms with Crippen LogP contribution in [-0.4, -0.2) is 18.7 Å². The Balaban J connectivity index is 1.89. The van der Waals surface area contributed by atoms with E-state index < -0.39 is 0 Å². The molecule has 2 aromatic rings. The Bertz CT molecular complexity index is 719. The Morgan fingerprint density at radius 1 is 1.17 bits per heavy atom. The lowest BCUT2D eigenvalue weighted by atomic mass is 9.86. The summed E-state index contributed by atoms with van der Waals surface area (Å²) in [6.45, 7) is 6.25. The van der Waals surface area contributed by atoms with Gasteiger partial charge in [0.15, 0.2) is 6.61 Å². The van der Waals surface area contributed by atoms with E-state index in [-0.39, 0.29) is 17.9 Å². The van der Waals surface area contributed by atoms with Gasteiger partial charge in [0.2, 0.25) is 0 Å². The van der Waals surface area contributed by atoms with Crippen LogP contribution in [0, 0.1) is 0 Å². The fraction of sp³-hybridized carbons (Fsp3) is 0.263. The lowest BCUT2D eigenvalue weighted by Crippen LogP contribution is -2.25. The molecule has 0 fully saturated rings. The van der Waals surface area contributed by atoms with Gasteiger partial charge in [0.25, 0.3) is 5.91 Å². The molecule has 0 spiro atoms. The van der Waals surface area contributed by atoms with Crippen molar-refractivity contribution in [2.75, 3.05) is 6.61 Å². The van der Waals surface area contributed by atoms with Gasteiger partial charge in [-0.25, -0.2) is 5.43 Å². The summed E-state index contributed by atoms with van der Waals surface area (Å²) in [6, 6.07) is 15.4. The van der Waals surface area contributed by atoms with E-state index in [9.17, 15) is 4.79 Å². The highest BCUT2D eigenvalue weighted by atomic mass is 79.9. The quantitative estimate of drug-likeness (QED) is 0.613. The first-order valence-corrected chi connectivity index (χ1v) is 8.45. The molecule has 126 valence electrons. The standard InChI is InChI=1S/C19H21BrN2O2/c1-19(2,3)16-6-4-5-7-17(16)24-13-18(23)22-21-12-14-8-10-15(20)11-9-14/h4-12H,13H2,1-3H3,(H,22,23). The second-order valence-electron chi connectivity index (χ2n) is 6.38. The molecule has 1 N–H and O–H groups in total. The molecule has 5 heteroatoms. The number of nitrogens with zero attached hydrogens (tertiary/aromatic N) is 1. The third-order valence-corrected chi connectivity index (χ3v) is 3.86. The number of carbonyl (C=O) groups excluding carboxylic acids is 1. The van der Waals surface area contributed by atoms with Gasteiger partial charge in [0, 0.05) is 4.47 Å². The highest BCUT2D eigenvalue weighted by Crippen LogP contribution is 2.30. The maximum Gasteiger partial charge on any atom is 0.277 e. The van der Waals surface area contributed by atoms with Crippen molar-refractivity contribution in [1.82, 2.24) is 5.43 Å². The van der Waals surface area contributed by atoms with E-state index in [0.717, 1.165) is 21.3 Å². The maximum atomic E-state index is 11.9. The summed E-state index contributed by atoms with van der Waals surface area (Å²) < 4.78 is 6.65. The number of hydrazone groups is 1. The molecule has 0 saturated carbocycles. The first-order valence-electron chi connectivity index (χ1n) is 7.66. The highest BCUT2D eigenvalue weighted by Gasteiger charge is 2.18. The maximum absolute atomic E-state index is 11.9. The fourth-order valence-electron chi connectivity index (χ4n) is 2.12. The molecule has 1 amide bonds. The van der Waals surface area contributed by atoms with Crippen LogP contribution in [0.5, 0.6) is 5.75 Å².